The first-order valence-electron chi connectivity index (χ1n) is 9.61. The maximum Gasteiger partial charge on any atom is 0.194 e. The number of aryl methyl sites for hydroxylation is 1. The van der Waals surface area contributed by atoms with E-state index in [9.17, 15) is 4.39 Å². The summed E-state index contributed by atoms with van der Waals surface area (Å²) in [6, 6.07) is 6.71. The Balaban J connectivity index is 1.33. The molecule has 0 aliphatic carbocycles. The van der Waals surface area contributed by atoms with Gasteiger partial charge in [-0.3, -0.25) is 4.99 Å². The lowest BCUT2D eigenvalue weighted by molar-refractivity contribution is 0.371. The van der Waals surface area contributed by atoms with Crippen molar-refractivity contribution in [3.05, 3.63) is 41.7 Å². The number of hydrogen-bond donors (Lipinski definition) is 1. The number of aliphatic imine (C=N–C) groups is 1. The first-order valence-corrected chi connectivity index (χ1v) is 9.61. The minimum Gasteiger partial charge on any atom is -0.368 e. The first kappa shape index (κ1) is 17.8. The summed E-state index contributed by atoms with van der Waals surface area (Å²) in [6.45, 7) is 5.15. The molecule has 2 aliphatic rings. The van der Waals surface area contributed by atoms with Crippen molar-refractivity contribution >= 4 is 11.6 Å². The minimum atomic E-state index is -0.197. The summed E-state index contributed by atoms with van der Waals surface area (Å²) in [7, 11) is 1.81. The Morgan fingerprint density at radius 1 is 1.07 bits per heavy atom. The Morgan fingerprint density at radius 2 is 1.85 bits per heavy atom. The van der Waals surface area contributed by atoms with Gasteiger partial charge in [-0.25, -0.2) is 4.39 Å². The van der Waals surface area contributed by atoms with Crippen molar-refractivity contribution < 1.29 is 4.39 Å². The number of nitrogens with zero attached hydrogens (tertiary/aromatic N) is 6. The van der Waals surface area contributed by atoms with E-state index in [-0.39, 0.29) is 5.82 Å². The molecule has 0 amide bonds. The van der Waals surface area contributed by atoms with Gasteiger partial charge < -0.3 is 19.7 Å². The van der Waals surface area contributed by atoms with Crippen molar-refractivity contribution in [2.45, 2.75) is 32.4 Å². The third kappa shape index (κ3) is 3.89. The van der Waals surface area contributed by atoms with Gasteiger partial charge in [-0.05, 0) is 37.1 Å². The number of benzene rings is 1. The summed E-state index contributed by atoms with van der Waals surface area (Å²) in [4.78, 5) is 8.97. The molecule has 1 fully saturated rings. The molecule has 0 bridgehead atoms. The van der Waals surface area contributed by atoms with E-state index in [1.165, 1.54) is 25.0 Å². The Kier molecular flexibility index (Phi) is 5.22. The molecule has 3 heterocycles. The molecule has 0 spiro atoms. The maximum atomic E-state index is 13.1. The Bertz CT molecular complexity index is 791. The summed E-state index contributed by atoms with van der Waals surface area (Å²) in [5.41, 5.74) is 1.06. The van der Waals surface area contributed by atoms with Crippen LogP contribution >= 0.6 is 0 Å². The second-order valence-corrected chi connectivity index (χ2v) is 6.99. The normalized spacial score (nSPS) is 17.8. The predicted molar refractivity (Wildman–Crippen MR) is 103 cm³/mol. The molecule has 1 aromatic heterocycles. The molecule has 1 aromatic carbocycles. The van der Waals surface area contributed by atoms with Crippen LogP contribution < -0.4 is 10.2 Å². The van der Waals surface area contributed by atoms with Gasteiger partial charge >= 0.3 is 0 Å². The van der Waals surface area contributed by atoms with Gasteiger partial charge in [0, 0.05) is 51.9 Å². The van der Waals surface area contributed by atoms with E-state index in [2.05, 4.69) is 34.9 Å². The molecule has 2 aliphatic heterocycles. The molecule has 0 radical (unpaired) electrons. The lowest BCUT2D eigenvalue weighted by atomic mass is 10.2. The van der Waals surface area contributed by atoms with Crippen LogP contribution in [0.1, 0.15) is 24.5 Å². The van der Waals surface area contributed by atoms with E-state index < -0.39 is 0 Å². The van der Waals surface area contributed by atoms with Gasteiger partial charge in [0.15, 0.2) is 11.8 Å². The number of fused-ring (bicyclic) bond motifs is 1. The summed E-state index contributed by atoms with van der Waals surface area (Å²) < 4.78 is 15.3. The van der Waals surface area contributed by atoms with Crippen LogP contribution in [0.15, 0.2) is 29.3 Å². The van der Waals surface area contributed by atoms with Gasteiger partial charge in [0.1, 0.15) is 11.6 Å². The number of guanidine groups is 1. The number of hydrogen-bond acceptors (Lipinski definition) is 4. The maximum absolute atomic E-state index is 13.1. The molecular weight excluding hydrogens is 345 g/mol. The zero-order valence-electron chi connectivity index (χ0n) is 15.7. The predicted octanol–water partition coefficient (Wildman–Crippen LogP) is 1.65. The van der Waals surface area contributed by atoms with Crippen molar-refractivity contribution in [3.8, 4) is 0 Å². The van der Waals surface area contributed by atoms with E-state index in [1.54, 1.807) is 0 Å². The minimum absolute atomic E-state index is 0.197. The molecule has 4 rings (SSSR count). The third-order valence-electron chi connectivity index (χ3n) is 5.32. The van der Waals surface area contributed by atoms with Crippen molar-refractivity contribution in [1.29, 1.82) is 0 Å². The highest BCUT2D eigenvalue weighted by Gasteiger charge is 2.21. The molecule has 144 valence electrons. The highest BCUT2D eigenvalue weighted by Crippen LogP contribution is 2.17. The number of halogens is 1. The second kappa shape index (κ2) is 7.94. The first-order chi connectivity index (χ1) is 13.2. The molecule has 7 nitrogen and oxygen atoms in total. The fourth-order valence-electron chi connectivity index (χ4n) is 3.82. The molecule has 0 saturated carbocycles. The summed E-state index contributed by atoms with van der Waals surface area (Å²) >= 11 is 0. The average Bonchev–Trinajstić information content (AvgIpc) is 3.13. The van der Waals surface area contributed by atoms with Crippen LogP contribution in [0.3, 0.4) is 0 Å². The van der Waals surface area contributed by atoms with E-state index in [0.29, 0.717) is 6.54 Å². The molecule has 1 N–H and O–H groups in total. The lowest BCUT2D eigenvalue weighted by Crippen LogP contribution is -2.52. The topological polar surface area (TPSA) is 61.6 Å². The number of anilines is 1. The zero-order chi connectivity index (χ0) is 18.6. The molecule has 0 atom stereocenters. The Labute approximate surface area is 158 Å². The van der Waals surface area contributed by atoms with Gasteiger partial charge in [-0.15, -0.1) is 10.2 Å². The highest BCUT2D eigenvalue weighted by molar-refractivity contribution is 5.80. The van der Waals surface area contributed by atoms with Crippen LogP contribution in [0, 0.1) is 5.82 Å². The molecule has 2 aromatic rings. The van der Waals surface area contributed by atoms with Crippen LogP contribution in [0.25, 0.3) is 0 Å². The van der Waals surface area contributed by atoms with Crippen molar-refractivity contribution in [1.82, 2.24) is 25.0 Å². The number of nitrogens with one attached hydrogen (secondary N) is 1. The standard InChI is InChI=1S/C19H26FN7/c1-21-19(22-14-18-24-23-17-4-2-3-9-27(17)18)26-12-10-25(11-13-26)16-7-5-15(20)6-8-16/h5-8H,2-4,9-14H2,1H3,(H,21,22). The van der Waals surface area contributed by atoms with E-state index >= 15 is 0 Å². The monoisotopic (exact) mass is 371 g/mol. The van der Waals surface area contributed by atoms with Gasteiger partial charge in [-0.2, -0.15) is 0 Å². The van der Waals surface area contributed by atoms with Crippen molar-refractivity contribution in [3.63, 3.8) is 0 Å². The Hall–Kier alpha value is -2.64. The number of aromatic nitrogens is 3. The van der Waals surface area contributed by atoms with Gasteiger partial charge in [0.2, 0.25) is 0 Å². The van der Waals surface area contributed by atoms with Crippen LogP contribution in [0.4, 0.5) is 10.1 Å². The molecule has 0 unspecified atom stereocenters. The van der Waals surface area contributed by atoms with Crippen molar-refractivity contribution in [2.24, 2.45) is 4.99 Å². The largest absolute Gasteiger partial charge is 0.368 e. The summed E-state index contributed by atoms with van der Waals surface area (Å²) in [6.07, 6.45) is 3.41. The quantitative estimate of drug-likeness (QED) is 0.657. The van der Waals surface area contributed by atoms with Gasteiger partial charge in [-0.1, -0.05) is 0 Å². The number of rotatable bonds is 3. The highest BCUT2D eigenvalue weighted by atomic mass is 19.1. The fraction of sp³-hybridized carbons (Fsp3) is 0.526. The zero-order valence-corrected chi connectivity index (χ0v) is 15.7. The molecule has 8 heteroatoms. The van der Waals surface area contributed by atoms with Crippen LogP contribution in [0.2, 0.25) is 0 Å². The van der Waals surface area contributed by atoms with E-state index in [1.807, 2.05) is 19.2 Å². The summed E-state index contributed by atoms with van der Waals surface area (Å²) in [5, 5.41) is 12.1. The van der Waals surface area contributed by atoms with Crippen LogP contribution in [0.5, 0.6) is 0 Å². The Morgan fingerprint density at radius 3 is 2.59 bits per heavy atom. The van der Waals surface area contributed by atoms with Crippen LogP contribution in [-0.2, 0) is 19.5 Å². The second-order valence-electron chi connectivity index (χ2n) is 6.99. The van der Waals surface area contributed by atoms with Gasteiger partial charge in [0.05, 0.1) is 6.54 Å². The average molecular weight is 371 g/mol. The van der Waals surface area contributed by atoms with E-state index in [0.717, 1.165) is 62.4 Å². The van der Waals surface area contributed by atoms with Gasteiger partial charge in [0.25, 0.3) is 0 Å². The van der Waals surface area contributed by atoms with Crippen molar-refractivity contribution in [2.75, 3.05) is 38.1 Å². The summed E-state index contributed by atoms with van der Waals surface area (Å²) in [5.74, 6) is 2.77. The van der Waals surface area contributed by atoms with E-state index in [4.69, 9.17) is 0 Å². The smallest absolute Gasteiger partial charge is 0.194 e. The third-order valence-corrected chi connectivity index (χ3v) is 5.32. The van der Waals surface area contributed by atoms with Crippen LogP contribution in [-0.4, -0.2) is 58.9 Å². The fourth-order valence-corrected chi connectivity index (χ4v) is 3.82. The lowest BCUT2D eigenvalue weighted by Gasteiger charge is -2.37. The molecule has 1 saturated heterocycles. The molecular formula is C19H26FN7. The SMILES string of the molecule is CN=C(NCc1nnc2n1CCCC2)N1CCN(c2ccc(F)cc2)CC1. The molecule has 27 heavy (non-hydrogen) atoms. The number of piperazine rings is 1.